The second kappa shape index (κ2) is 14.5. The molecule has 0 aliphatic heterocycles. The Balaban J connectivity index is 0. The van der Waals surface area contributed by atoms with Gasteiger partial charge >= 0.3 is 9.53 Å². The fourth-order valence-electron chi connectivity index (χ4n) is 1.54. The average molecular weight is 335 g/mol. The van der Waals surface area contributed by atoms with Gasteiger partial charge in [0.25, 0.3) is 17.9 Å². The average Bonchev–Trinajstić information content (AvgIpc) is 2.36. The molecular formula is C14H29NO6Si. The van der Waals surface area contributed by atoms with Gasteiger partial charge in [-0.25, -0.2) is 0 Å². The summed E-state index contributed by atoms with van der Waals surface area (Å²) in [5.41, 5.74) is 0. The van der Waals surface area contributed by atoms with Crippen LogP contribution in [0.2, 0.25) is 0 Å². The minimum absolute atomic E-state index is 0.654. The number of rotatable bonds is 8. The first-order chi connectivity index (χ1) is 10.3. The Labute approximate surface area is 134 Å². The number of hydrogen-bond acceptors (Lipinski definition) is 7. The van der Waals surface area contributed by atoms with Crippen molar-refractivity contribution in [2.24, 2.45) is 0 Å². The van der Waals surface area contributed by atoms with Crippen molar-refractivity contribution >= 4 is 27.4 Å². The predicted octanol–water partition coefficient (Wildman–Crippen LogP) is 1.52. The van der Waals surface area contributed by atoms with E-state index in [2.05, 4.69) is 38.9 Å². The zero-order valence-corrected chi connectivity index (χ0v) is 15.7. The molecule has 8 heteroatoms. The van der Waals surface area contributed by atoms with E-state index in [1.54, 1.807) is 0 Å². The molecule has 0 aromatic rings. The molecule has 0 saturated carbocycles. The molecule has 0 heterocycles. The summed E-state index contributed by atoms with van der Waals surface area (Å²) in [7, 11) is -2.96. The maximum atomic E-state index is 10.4. The van der Waals surface area contributed by atoms with Crippen molar-refractivity contribution in [1.82, 2.24) is 4.90 Å². The summed E-state index contributed by atoms with van der Waals surface area (Å²) in [5.74, 6) is -1.96. The number of hydrogen-bond donors (Lipinski definition) is 0. The number of carbonyl (C=O) groups is 3. The Morgan fingerprint density at radius 1 is 0.773 bits per heavy atom. The molecule has 7 nitrogen and oxygen atoms in total. The zero-order chi connectivity index (χ0) is 17.5. The van der Waals surface area contributed by atoms with E-state index in [0.29, 0.717) is 0 Å². The summed E-state index contributed by atoms with van der Waals surface area (Å²) in [6.45, 7) is 13.8. The van der Waals surface area contributed by atoms with E-state index >= 15 is 0 Å². The van der Waals surface area contributed by atoms with Crippen LogP contribution in [0.15, 0.2) is 0 Å². The highest BCUT2D eigenvalue weighted by Gasteiger charge is 2.25. The van der Waals surface area contributed by atoms with E-state index < -0.39 is 27.4 Å². The van der Waals surface area contributed by atoms with Crippen molar-refractivity contribution in [3.8, 4) is 0 Å². The molecule has 0 fully saturated rings. The van der Waals surface area contributed by atoms with Gasteiger partial charge in [0, 0.05) is 20.8 Å². The zero-order valence-electron chi connectivity index (χ0n) is 14.5. The predicted molar refractivity (Wildman–Crippen MR) is 85.1 cm³/mol. The first-order valence-corrected chi connectivity index (χ1v) is 8.92. The molecule has 0 amide bonds. The molecule has 0 saturated heterocycles. The lowest BCUT2D eigenvalue weighted by Crippen LogP contribution is -2.32. The highest BCUT2D eigenvalue weighted by atomic mass is 28.3. The highest BCUT2D eigenvalue weighted by molar-refractivity contribution is 6.43. The lowest BCUT2D eigenvalue weighted by molar-refractivity contribution is -0.144. The van der Waals surface area contributed by atoms with Crippen LogP contribution in [-0.2, 0) is 27.7 Å². The van der Waals surface area contributed by atoms with Crippen molar-refractivity contribution in [1.29, 1.82) is 0 Å². The third kappa shape index (κ3) is 16.6. The monoisotopic (exact) mass is 335 g/mol. The molecule has 0 radical (unpaired) electrons. The minimum atomic E-state index is -2.96. The lowest BCUT2D eigenvalue weighted by atomic mass is 10.3. The molecule has 0 spiro atoms. The van der Waals surface area contributed by atoms with Crippen LogP contribution in [0, 0.1) is 0 Å². The van der Waals surface area contributed by atoms with Gasteiger partial charge in [-0.1, -0.05) is 20.8 Å². The summed E-state index contributed by atoms with van der Waals surface area (Å²) in [6, 6.07) is 0. The van der Waals surface area contributed by atoms with E-state index in [-0.39, 0.29) is 0 Å². The van der Waals surface area contributed by atoms with Crippen molar-refractivity contribution in [3.63, 3.8) is 0 Å². The Bertz CT molecular complexity index is 293. The Kier molecular flexibility index (Phi) is 15.1. The molecule has 0 atom stereocenters. The second-order valence-electron chi connectivity index (χ2n) is 4.55. The van der Waals surface area contributed by atoms with E-state index in [1.165, 1.54) is 32.5 Å². The van der Waals surface area contributed by atoms with Gasteiger partial charge in [0.1, 0.15) is 0 Å². The van der Waals surface area contributed by atoms with Crippen LogP contribution in [0.4, 0.5) is 0 Å². The van der Waals surface area contributed by atoms with E-state index in [4.69, 9.17) is 0 Å². The van der Waals surface area contributed by atoms with Crippen LogP contribution in [0.5, 0.6) is 0 Å². The Morgan fingerprint density at radius 2 is 1.09 bits per heavy atom. The van der Waals surface area contributed by atoms with Gasteiger partial charge in [-0.15, -0.1) is 0 Å². The Morgan fingerprint density at radius 3 is 1.27 bits per heavy atom. The van der Waals surface area contributed by atoms with Crippen LogP contribution in [0.1, 0.15) is 54.4 Å². The van der Waals surface area contributed by atoms with Crippen molar-refractivity contribution in [2.75, 3.05) is 19.6 Å². The quantitative estimate of drug-likeness (QED) is 0.622. The normalized spacial score (nSPS) is 9.82. The largest absolute Gasteiger partial charge is 0.689 e. The van der Waals surface area contributed by atoms with Crippen molar-refractivity contribution in [2.45, 2.75) is 54.4 Å². The molecule has 130 valence electrons. The third-order valence-corrected chi connectivity index (χ3v) is 3.89. The lowest BCUT2D eigenvalue weighted by Gasteiger charge is -2.17. The molecular weight excluding hydrogens is 306 g/mol. The molecule has 0 aliphatic carbocycles. The first-order valence-electron chi connectivity index (χ1n) is 7.50. The SMILES string of the molecule is CC(=O)O[SiH](OC(C)=O)OC(C)=O.CCCN(CC)CCC. The van der Waals surface area contributed by atoms with Gasteiger partial charge in [-0.2, -0.15) is 0 Å². The standard InChI is InChI=1S/C8H19N.C6H10O6Si/c1-4-7-9(6-3)8-5-2;1-4(7)10-13(11-5(2)8)12-6(3)9/h4-8H2,1-3H3;13H,1-3H3. The molecule has 22 heavy (non-hydrogen) atoms. The van der Waals surface area contributed by atoms with E-state index in [1.807, 2.05) is 0 Å². The fraction of sp³-hybridized carbons (Fsp3) is 0.786. The smallest absolute Gasteiger partial charge is 0.458 e. The van der Waals surface area contributed by atoms with Gasteiger partial charge in [-0.3, -0.25) is 14.4 Å². The minimum Gasteiger partial charge on any atom is -0.458 e. The van der Waals surface area contributed by atoms with Gasteiger partial charge in [0.2, 0.25) is 0 Å². The summed E-state index contributed by atoms with van der Waals surface area (Å²) < 4.78 is 13.5. The van der Waals surface area contributed by atoms with Crippen LogP contribution in [-0.4, -0.2) is 52.0 Å². The van der Waals surface area contributed by atoms with Gasteiger partial charge in [-0.05, 0) is 32.5 Å². The highest BCUT2D eigenvalue weighted by Crippen LogP contribution is 1.94. The van der Waals surface area contributed by atoms with Crippen LogP contribution >= 0.6 is 0 Å². The topological polar surface area (TPSA) is 82.1 Å². The van der Waals surface area contributed by atoms with E-state index in [0.717, 1.165) is 20.8 Å². The molecule has 0 N–H and O–H groups in total. The maximum absolute atomic E-state index is 10.4. The summed E-state index contributed by atoms with van der Waals surface area (Å²) in [6.07, 6.45) is 2.57. The fourth-order valence-corrected chi connectivity index (χ4v) is 2.50. The third-order valence-electron chi connectivity index (χ3n) is 2.31. The summed E-state index contributed by atoms with van der Waals surface area (Å²) in [5, 5.41) is 0. The summed E-state index contributed by atoms with van der Waals surface area (Å²) in [4.78, 5) is 33.8. The van der Waals surface area contributed by atoms with Crippen LogP contribution in [0.25, 0.3) is 0 Å². The Hall–Kier alpha value is -1.41. The van der Waals surface area contributed by atoms with Gasteiger partial charge < -0.3 is 18.2 Å². The van der Waals surface area contributed by atoms with Gasteiger partial charge in [0.15, 0.2) is 0 Å². The molecule has 0 aromatic carbocycles. The maximum Gasteiger partial charge on any atom is 0.689 e. The molecule has 0 unspecified atom stereocenters. The molecule has 0 rings (SSSR count). The molecule has 0 aliphatic rings. The molecule has 0 bridgehead atoms. The van der Waals surface area contributed by atoms with Crippen molar-refractivity contribution in [3.05, 3.63) is 0 Å². The van der Waals surface area contributed by atoms with E-state index in [9.17, 15) is 14.4 Å². The first kappa shape index (κ1) is 22.9. The van der Waals surface area contributed by atoms with Crippen LogP contribution < -0.4 is 0 Å². The summed E-state index contributed by atoms with van der Waals surface area (Å²) >= 11 is 0. The van der Waals surface area contributed by atoms with Crippen molar-refractivity contribution < 1.29 is 27.7 Å². The van der Waals surface area contributed by atoms with Gasteiger partial charge in [0.05, 0.1) is 0 Å². The molecule has 0 aromatic heterocycles. The number of carbonyl (C=O) groups excluding carboxylic acids is 3. The number of nitrogens with zero attached hydrogens (tertiary/aromatic N) is 1. The van der Waals surface area contributed by atoms with Crippen LogP contribution in [0.3, 0.4) is 0 Å². The second-order valence-corrected chi connectivity index (χ2v) is 5.84.